The van der Waals surface area contributed by atoms with Gasteiger partial charge in [0.05, 0.1) is 11.5 Å². The number of alkyl halides is 6. The molecule has 0 atom stereocenters. The Hall–Kier alpha value is -1.66. The minimum Gasteiger partial charge on any atom is -0.350 e. The molecule has 0 aromatic heterocycles. The first kappa shape index (κ1) is 25.3. The summed E-state index contributed by atoms with van der Waals surface area (Å²) in [5.74, 6) is -28.0. The van der Waals surface area contributed by atoms with E-state index in [1.165, 1.54) is 0 Å². The molecule has 0 unspecified atom stereocenters. The Morgan fingerprint density at radius 1 is 0.704 bits per heavy atom. The zero-order valence-electron chi connectivity index (χ0n) is 12.8. The average Bonchev–Trinajstić information content (AvgIpc) is 2.43. The van der Waals surface area contributed by atoms with Crippen LogP contribution in [0, 0.1) is 0 Å². The largest absolute Gasteiger partial charge is 0.393 e. The maximum Gasteiger partial charge on any atom is 0.393 e. The average molecular weight is 454 g/mol. The van der Waals surface area contributed by atoms with Crippen molar-refractivity contribution in [1.82, 2.24) is 10.6 Å². The summed E-state index contributed by atoms with van der Waals surface area (Å²) < 4.78 is 138. The van der Waals surface area contributed by atoms with Crippen LogP contribution in [0.15, 0.2) is 0 Å². The van der Waals surface area contributed by atoms with E-state index in [1.54, 1.807) is 0 Å². The molecule has 0 rings (SSSR count). The van der Waals surface area contributed by atoms with Gasteiger partial charge in [0, 0.05) is 13.1 Å². The molecule has 0 aromatic rings. The van der Waals surface area contributed by atoms with Crippen molar-refractivity contribution in [1.29, 1.82) is 0 Å². The van der Waals surface area contributed by atoms with Crippen LogP contribution < -0.4 is 10.6 Å². The molecule has 160 valence electrons. The Labute approximate surface area is 147 Å². The topological polar surface area (TPSA) is 167 Å². The summed E-state index contributed by atoms with van der Waals surface area (Å²) in [6.07, 6.45) is 0. The highest BCUT2D eigenvalue weighted by Crippen LogP contribution is 2.45. The van der Waals surface area contributed by atoms with Gasteiger partial charge in [0.1, 0.15) is 0 Å². The van der Waals surface area contributed by atoms with Crippen LogP contribution in [0.2, 0.25) is 0 Å². The van der Waals surface area contributed by atoms with E-state index in [4.69, 9.17) is 9.11 Å². The third kappa shape index (κ3) is 6.78. The number of carbonyl (C=O) groups is 2. The molecule has 0 saturated heterocycles. The zero-order valence-corrected chi connectivity index (χ0v) is 14.4. The van der Waals surface area contributed by atoms with Crippen LogP contribution in [-0.4, -0.2) is 80.1 Å². The van der Waals surface area contributed by atoms with Crippen LogP contribution in [-0.2, 0) is 29.8 Å². The Balaban J connectivity index is 5.28. The molecule has 0 aliphatic heterocycles. The monoisotopic (exact) mass is 454 g/mol. The second-order valence-electron chi connectivity index (χ2n) is 4.81. The SMILES string of the molecule is O=C(NCCS(=O)(=O)O)C(F)(F)C(F)(F)C(F)(F)C(=O)NCCS(=O)(=O)O. The minimum absolute atomic E-state index is 0.874. The lowest BCUT2D eigenvalue weighted by atomic mass is 10.0. The third-order valence-electron chi connectivity index (χ3n) is 2.65. The van der Waals surface area contributed by atoms with Gasteiger partial charge in [-0.2, -0.15) is 43.2 Å². The summed E-state index contributed by atoms with van der Waals surface area (Å²) >= 11 is 0. The van der Waals surface area contributed by atoms with Crippen molar-refractivity contribution in [3.63, 3.8) is 0 Å². The molecule has 0 heterocycles. The van der Waals surface area contributed by atoms with Gasteiger partial charge in [0.15, 0.2) is 0 Å². The maximum absolute atomic E-state index is 13.4. The van der Waals surface area contributed by atoms with Crippen LogP contribution in [0.25, 0.3) is 0 Å². The lowest BCUT2D eigenvalue weighted by Gasteiger charge is -2.30. The molecule has 0 aliphatic rings. The molecule has 0 radical (unpaired) electrons. The van der Waals surface area contributed by atoms with Gasteiger partial charge < -0.3 is 10.6 Å². The Kier molecular flexibility index (Phi) is 7.65. The fraction of sp³-hybridized carbons (Fsp3) is 0.778. The Bertz CT molecular complexity index is 718. The molecular weight excluding hydrogens is 442 g/mol. The van der Waals surface area contributed by atoms with Crippen LogP contribution in [0.5, 0.6) is 0 Å². The number of amides is 2. The molecule has 0 fully saturated rings. The standard InChI is InChI=1S/C9H12F6N2O8S2/c10-7(11,5(18)16-1-3-26(20,21)22)9(14,15)8(12,13)6(19)17-2-4-27(23,24)25/h1-4H2,(H,16,18)(H,17,19)(H,20,21,22)(H,23,24,25). The highest BCUT2D eigenvalue weighted by atomic mass is 32.2. The van der Waals surface area contributed by atoms with Gasteiger partial charge in [-0.1, -0.05) is 0 Å². The lowest BCUT2D eigenvalue weighted by molar-refractivity contribution is -0.287. The summed E-state index contributed by atoms with van der Waals surface area (Å²) in [5, 5.41) is 1.75. The molecule has 0 saturated carbocycles. The number of hydrogen-bond acceptors (Lipinski definition) is 6. The van der Waals surface area contributed by atoms with Gasteiger partial charge in [0.2, 0.25) is 0 Å². The minimum atomic E-state index is -6.62. The van der Waals surface area contributed by atoms with Gasteiger partial charge in [-0.15, -0.1) is 0 Å². The molecule has 18 heteroatoms. The van der Waals surface area contributed by atoms with Crippen molar-refractivity contribution >= 4 is 32.1 Å². The summed E-state index contributed by atoms with van der Waals surface area (Å²) in [5.41, 5.74) is 0. The van der Waals surface area contributed by atoms with Gasteiger partial charge in [-0.05, 0) is 0 Å². The predicted molar refractivity (Wildman–Crippen MR) is 73.7 cm³/mol. The zero-order chi connectivity index (χ0) is 21.9. The first-order chi connectivity index (χ1) is 11.8. The van der Waals surface area contributed by atoms with E-state index < -0.39 is 74.4 Å². The molecule has 0 aromatic carbocycles. The van der Waals surface area contributed by atoms with Crippen LogP contribution in [0.4, 0.5) is 26.3 Å². The highest BCUT2D eigenvalue weighted by Gasteiger charge is 2.77. The van der Waals surface area contributed by atoms with E-state index in [0.717, 1.165) is 10.6 Å². The molecular formula is C9H12F6N2O8S2. The molecule has 0 bridgehead atoms. The number of carbonyl (C=O) groups excluding carboxylic acids is 2. The molecule has 27 heavy (non-hydrogen) atoms. The van der Waals surface area contributed by atoms with Gasteiger partial charge in [0.25, 0.3) is 32.1 Å². The van der Waals surface area contributed by atoms with Crippen LogP contribution in [0.1, 0.15) is 0 Å². The molecule has 10 nitrogen and oxygen atoms in total. The Morgan fingerprint density at radius 3 is 1.19 bits per heavy atom. The lowest BCUT2D eigenvalue weighted by Crippen LogP contribution is -2.65. The number of halogens is 6. The quantitative estimate of drug-likeness (QED) is 0.238. The highest BCUT2D eigenvalue weighted by molar-refractivity contribution is 7.86. The second-order valence-corrected chi connectivity index (χ2v) is 7.95. The number of rotatable bonds is 10. The van der Waals surface area contributed by atoms with E-state index in [1.807, 2.05) is 0 Å². The molecule has 4 N–H and O–H groups in total. The normalized spacial score (nSPS) is 13.9. The first-order valence-electron chi connectivity index (χ1n) is 6.36. The second kappa shape index (κ2) is 8.15. The third-order valence-corrected chi connectivity index (χ3v) is 4.09. The van der Waals surface area contributed by atoms with Crippen molar-refractivity contribution in [2.45, 2.75) is 17.8 Å². The summed E-state index contributed by atoms with van der Waals surface area (Å²) in [4.78, 5) is 22.0. The fourth-order valence-electron chi connectivity index (χ4n) is 1.29. The molecule has 0 aliphatic carbocycles. The van der Waals surface area contributed by atoms with Crippen LogP contribution >= 0.6 is 0 Å². The van der Waals surface area contributed by atoms with Crippen molar-refractivity contribution in [2.75, 3.05) is 24.6 Å². The van der Waals surface area contributed by atoms with Gasteiger partial charge in [-0.3, -0.25) is 18.7 Å². The summed E-state index contributed by atoms with van der Waals surface area (Å²) in [6.45, 7) is -2.68. The van der Waals surface area contributed by atoms with Crippen LogP contribution in [0.3, 0.4) is 0 Å². The van der Waals surface area contributed by atoms with E-state index >= 15 is 0 Å². The molecule has 0 spiro atoms. The van der Waals surface area contributed by atoms with Crippen molar-refractivity contribution in [3.8, 4) is 0 Å². The van der Waals surface area contributed by atoms with E-state index in [0.29, 0.717) is 0 Å². The number of nitrogens with one attached hydrogen (secondary N) is 2. The fourth-order valence-corrected chi connectivity index (χ4v) is 2.01. The van der Waals surface area contributed by atoms with Crippen molar-refractivity contribution in [3.05, 3.63) is 0 Å². The smallest absolute Gasteiger partial charge is 0.350 e. The first-order valence-corrected chi connectivity index (χ1v) is 9.58. The van der Waals surface area contributed by atoms with E-state index in [-0.39, 0.29) is 0 Å². The summed E-state index contributed by atoms with van der Waals surface area (Å²) in [7, 11) is -9.59. The van der Waals surface area contributed by atoms with Gasteiger partial charge in [-0.25, -0.2) is 0 Å². The van der Waals surface area contributed by atoms with E-state index in [2.05, 4.69) is 0 Å². The molecule has 2 amide bonds. The maximum atomic E-state index is 13.4. The van der Waals surface area contributed by atoms with Crippen molar-refractivity contribution in [2.24, 2.45) is 0 Å². The summed E-state index contributed by atoms with van der Waals surface area (Å²) in [6, 6.07) is 0. The predicted octanol–water partition coefficient (Wildman–Crippen LogP) is -1.10. The number of hydrogen-bond donors (Lipinski definition) is 4. The van der Waals surface area contributed by atoms with Crippen molar-refractivity contribution < 1.29 is 61.9 Å². The van der Waals surface area contributed by atoms with Gasteiger partial charge >= 0.3 is 17.8 Å². The van der Waals surface area contributed by atoms with E-state index in [9.17, 15) is 52.8 Å². The Morgan fingerprint density at radius 2 is 0.963 bits per heavy atom.